The normalized spacial score (nSPS) is 12.7. The highest BCUT2D eigenvalue weighted by atomic mass is 32.2. The molecule has 0 spiro atoms. The molecule has 0 aliphatic carbocycles. The molecule has 0 bridgehead atoms. The zero-order valence-corrected chi connectivity index (χ0v) is 14.6. The number of benzene rings is 1. The van der Waals surface area contributed by atoms with Gasteiger partial charge >= 0.3 is 5.97 Å². The maximum atomic E-state index is 11.1. The van der Waals surface area contributed by atoms with Gasteiger partial charge in [-0.2, -0.15) is 8.42 Å². The summed E-state index contributed by atoms with van der Waals surface area (Å²) in [6, 6.07) is 7.43. The van der Waals surface area contributed by atoms with E-state index in [4.69, 9.17) is 8.92 Å². The quantitative estimate of drug-likeness (QED) is 0.479. The van der Waals surface area contributed by atoms with Gasteiger partial charge in [0.15, 0.2) is 0 Å². The van der Waals surface area contributed by atoms with Crippen molar-refractivity contribution in [2.24, 2.45) is 0 Å². The van der Waals surface area contributed by atoms with Gasteiger partial charge in [0.1, 0.15) is 5.75 Å². The maximum absolute atomic E-state index is 11.1. The molecule has 1 unspecified atom stereocenters. The number of hydrogen-bond donors (Lipinski definition) is 0. The number of esters is 1. The van der Waals surface area contributed by atoms with Crippen molar-refractivity contribution >= 4 is 16.1 Å². The summed E-state index contributed by atoms with van der Waals surface area (Å²) in [6.45, 7) is 2.24. The molecule has 23 heavy (non-hydrogen) atoms. The monoisotopic (exact) mass is 344 g/mol. The molecule has 1 rings (SSSR count). The molecule has 0 amide bonds. The number of hydrogen-bond acceptors (Lipinski definition) is 6. The number of carbonyl (C=O) groups is 1. The van der Waals surface area contributed by atoms with Gasteiger partial charge in [-0.15, -0.1) is 0 Å². The topological polar surface area (TPSA) is 78.9 Å². The fourth-order valence-electron chi connectivity index (χ4n) is 1.98. The number of carbonyl (C=O) groups excluding carboxylic acids is 1. The van der Waals surface area contributed by atoms with Crippen LogP contribution >= 0.6 is 0 Å². The van der Waals surface area contributed by atoms with Crippen molar-refractivity contribution in [3.63, 3.8) is 0 Å². The second-order valence-electron chi connectivity index (χ2n) is 5.19. The van der Waals surface area contributed by atoms with Crippen LogP contribution in [0.5, 0.6) is 5.75 Å². The van der Waals surface area contributed by atoms with Crippen molar-refractivity contribution in [3.8, 4) is 5.75 Å². The summed E-state index contributed by atoms with van der Waals surface area (Å²) >= 11 is 0. The molecule has 0 saturated heterocycles. The van der Waals surface area contributed by atoms with Crippen LogP contribution in [-0.2, 0) is 30.3 Å². The van der Waals surface area contributed by atoms with Gasteiger partial charge < -0.3 is 9.47 Å². The molecule has 0 heterocycles. The number of rotatable bonds is 10. The lowest BCUT2D eigenvalue weighted by atomic mass is 10.1. The molecule has 7 heteroatoms. The van der Waals surface area contributed by atoms with E-state index in [1.165, 1.54) is 7.11 Å². The third kappa shape index (κ3) is 8.56. The first-order valence-electron chi connectivity index (χ1n) is 7.51. The lowest BCUT2D eigenvalue weighted by Gasteiger charge is -2.14. The predicted molar refractivity (Wildman–Crippen MR) is 86.9 cm³/mol. The lowest BCUT2D eigenvalue weighted by Crippen LogP contribution is -2.19. The Labute approximate surface area is 137 Å². The van der Waals surface area contributed by atoms with E-state index in [0.717, 1.165) is 11.8 Å². The van der Waals surface area contributed by atoms with E-state index in [2.05, 4.69) is 4.74 Å². The van der Waals surface area contributed by atoms with Crippen LogP contribution in [-0.4, -0.2) is 40.5 Å². The summed E-state index contributed by atoms with van der Waals surface area (Å²) in [5, 5.41) is 0. The molecule has 1 aromatic carbocycles. The summed E-state index contributed by atoms with van der Waals surface area (Å²) < 4.78 is 37.4. The summed E-state index contributed by atoms with van der Waals surface area (Å²) in [4.78, 5) is 11.1. The Morgan fingerprint density at radius 3 is 2.39 bits per heavy atom. The van der Waals surface area contributed by atoms with Gasteiger partial charge in [-0.3, -0.25) is 8.98 Å². The Kier molecular flexibility index (Phi) is 8.05. The fraction of sp³-hybridized carbons (Fsp3) is 0.562. The van der Waals surface area contributed by atoms with Crippen molar-refractivity contribution in [1.29, 1.82) is 0 Å². The molecule has 0 saturated carbocycles. The zero-order valence-electron chi connectivity index (χ0n) is 13.8. The van der Waals surface area contributed by atoms with Gasteiger partial charge in [0, 0.05) is 12.8 Å². The minimum absolute atomic E-state index is 0.234. The van der Waals surface area contributed by atoms with E-state index in [1.54, 1.807) is 0 Å². The van der Waals surface area contributed by atoms with Crippen molar-refractivity contribution < 1.29 is 26.9 Å². The molecule has 0 N–H and O–H groups in total. The number of methoxy groups -OCH3 is 1. The van der Waals surface area contributed by atoms with Crippen molar-refractivity contribution in [1.82, 2.24) is 0 Å². The molecule has 1 atom stereocenters. The van der Waals surface area contributed by atoms with Crippen molar-refractivity contribution in [3.05, 3.63) is 29.8 Å². The molecular formula is C16H24O6S. The zero-order chi connectivity index (χ0) is 17.3. The smallest absolute Gasteiger partial charge is 0.305 e. The Bertz CT molecular complexity index is 579. The van der Waals surface area contributed by atoms with E-state index in [1.807, 2.05) is 31.2 Å². The highest BCUT2D eigenvalue weighted by Gasteiger charge is 2.13. The largest absolute Gasteiger partial charge is 0.493 e. The summed E-state index contributed by atoms with van der Waals surface area (Å²) in [5.41, 5.74) is 1.02. The molecule has 0 aromatic heterocycles. The van der Waals surface area contributed by atoms with Gasteiger partial charge in [0.2, 0.25) is 0 Å². The molecule has 0 radical (unpaired) electrons. The van der Waals surface area contributed by atoms with Gasteiger partial charge in [-0.05, 0) is 30.5 Å². The molecule has 0 fully saturated rings. The molecule has 6 nitrogen and oxygen atoms in total. The second-order valence-corrected chi connectivity index (χ2v) is 6.79. The second kappa shape index (κ2) is 9.52. The first-order chi connectivity index (χ1) is 10.8. The number of aryl methyl sites for hydroxylation is 1. The third-order valence-corrected chi connectivity index (χ3v) is 3.87. The average Bonchev–Trinajstić information content (AvgIpc) is 2.51. The van der Waals surface area contributed by atoms with Gasteiger partial charge in [0.05, 0.1) is 26.1 Å². The maximum Gasteiger partial charge on any atom is 0.305 e. The predicted octanol–water partition coefficient (Wildman–Crippen LogP) is 2.32. The highest BCUT2D eigenvalue weighted by molar-refractivity contribution is 7.86. The Morgan fingerprint density at radius 2 is 1.87 bits per heavy atom. The van der Waals surface area contributed by atoms with Crippen LogP contribution in [0.3, 0.4) is 0 Å². The van der Waals surface area contributed by atoms with Crippen molar-refractivity contribution in [2.75, 3.05) is 20.0 Å². The standard InChI is InChI=1S/C16H24O6S/c1-4-14(22-23(3,18)19)11-12-21-15-8-5-13(6-9-15)7-10-16(17)20-2/h5-6,8-9,14H,4,7,10-12H2,1-3H3. The van der Waals surface area contributed by atoms with Crippen LogP contribution in [0.1, 0.15) is 31.7 Å². The average molecular weight is 344 g/mol. The fourth-order valence-corrected chi connectivity index (χ4v) is 2.70. The van der Waals surface area contributed by atoms with Crippen LogP contribution in [0, 0.1) is 0 Å². The summed E-state index contributed by atoms with van der Waals surface area (Å²) in [6.07, 6.45) is 2.73. The van der Waals surface area contributed by atoms with Crippen LogP contribution in [0.25, 0.3) is 0 Å². The molecule has 1 aromatic rings. The van der Waals surface area contributed by atoms with E-state index in [9.17, 15) is 13.2 Å². The van der Waals surface area contributed by atoms with Crippen LogP contribution < -0.4 is 4.74 Å². The highest BCUT2D eigenvalue weighted by Crippen LogP contribution is 2.15. The van der Waals surface area contributed by atoms with E-state index >= 15 is 0 Å². The van der Waals surface area contributed by atoms with E-state index in [0.29, 0.717) is 38.0 Å². The third-order valence-electron chi connectivity index (χ3n) is 3.24. The Hall–Kier alpha value is -1.60. The SMILES string of the molecule is CCC(CCOc1ccc(CCC(=O)OC)cc1)OS(C)(=O)=O. The number of ether oxygens (including phenoxy) is 2. The summed E-state index contributed by atoms with van der Waals surface area (Å²) in [5.74, 6) is 0.461. The van der Waals surface area contributed by atoms with Crippen LogP contribution in [0.2, 0.25) is 0 Å². The minimum atomic E-state index is -3.45. The van der Waals surface area contributed by atoms with Gasteiger partial charge in [0.25, 0.3) is 10.1 Å². The van der Waals surface area contributed by atoms with Gasteiger partial charge in [-0.25, -0.2) is 0 Å². The van der Waals surface area contributed by atoms with Crippen LogP contribution in [0.15, 0.2) is 24.3 Å². The van der Waals surface area contributed by atoms with E-state index < -0.39 is 10.1 Å². The first kappa shape index (κ1) is 19.4. The van der Waals surface area contributed by atoms with Crippen molar-refractivity contribution in [2.45, 2.75) is 38.7 Å². The minimum Gasteiger partial charge on any atom is -0.493 e. The summed E-state index contributed by atoms with van der Waals surface area (Å²) in [7, 11) is -2.07. The molecule has 0 aliphatic heterocycles. The molecular weight excluding hydrogens is 320 g/mol. The molecule has 130 valence electrons. The lowest BCUT2D eigenvalue weighted by molar-refractivity contribution is -0.140. The van der Waals surface area contributed by atoms with E-state index in [-0.39, 0.29) is 12.1 Å². The van der Waals surface area contributed by atoms with Gasteiger partial charge in [-0.1, -0.05) is 19.1 Å². The Morgan fingerprint density at radius 1 is 1.22 bits per heavy atom. The van der Waals surface area contributed by atoms with Crippen LogP contribution in [0.4, 0.5) is 0 Å². The Balaban J connectivity index is 2.39. The molecule has 0 aliphatic rings. The first-order valence-corrected chi connectivity index (χ1v) is 9.32.